The van der Waals surface area contributed by atoms with E-state index in [0.717, 1.165) is 27.9 Å². The van der Waals surface area contributed by atoms with E-state index in [1.54, 1.807) is 4.68 Å². The first-order chi connectivity index (χ1) is 8.92. The van der Waals surface area contributed by atoms with E-state index in [0.29, 0.717) is 0 Å². The third-order valence-corrected chi connectivity index (χ3v) is 2.96. The summed E-state index contributed by atoms with van der Waals surface area (Å²) in [6.07, 6.45) is 1.88. The Balaban J connectivity index is 2.00. The molecule has 0 radical (unpaired) electrons. The Kier molecular flexibility index (Phi) is 1.77. The van der Waals surface area contributed by atoms with Crippen molar-refractivity contribution in [2.45, 2.75) is 0 Å². The van der Waals surface area contributed by atoms with Gasteiger partial charge in [-0.3, -0.25) is 0 Å². The Morgan fingerprint density at radius 2 is 1.94 bits per heavy atom. The van der Waals surface area contributed by atoms with Gasteiger partial charge in [0.2, 0.25) is 0 Å². The first kappa shape index (κ1) is 9.35. The molecular weight excluding hydrogens is 226 g/mol. The van der Waals surface area contributed by atoms with Gasteiger partial charge in [0.05, 0.1) is 5.52 Å². The van der Waals surface area contributed by atoms with Gasteiger partial charge in [-0.2, -0.15) is 4.68 Å². The molecule has 0 atom stereocenters. The molecule has 0 aliphatic heterocycles. The van der Waals surface area contributed by atoms with Crippen molar-refractivity contribution >= 4 is 22.1 Å². The van der Waals surface area contributed by atoms with Crippen LogP contribution in [0, 0.1) is 0 Å². The second kappa shape index (κ2) is 3.40. The number of benzene rings is 1. The number of aromatic nitrogens is 5. The van der Waals surface area contributed by atoms with Gasteiger partial charge in [-0.05, 0) is 30.3 Å². The van der Waals surface area contributed by atoms with Crippen molar-refractivity contribution in [3.05, 3.63) is 48.7 Å². The number of pyridine rings is 1. The van der Waals surface area contributed by atoms with Gasteiger partial charge < -0.3 is 4.98 Å². The molecule has 0 aliphatic rings. The lowest BCUT2D eigenvalue weighted by Crippen LogP contribution is -1.99. The van der Waals surface area contributed by atoms with Gasteiger partial charge in [-0.1, -0.05) is 17.3 Å². The van der Waals surface area contributed by atoms with Crippen LogP contribution in [0.15, 0.2) is 48.7 Å². The minimum atomic E-state index is 0.763. The molecule has 3 heterocycles. The molecule has 3 aromatic heterocycles. The Bertz CT molecular complexity index is 842. The molecule has 1 N–H and O–H groups in total. The van der Waals surface area contributed by atoms with Crippen LogP contribution in [-0.2, 0) is 0 Å². The van der Waals surface area contributed by atoms with E-state index in [-0.39, 0.29) is 0 Å². The van der Waals surface area contributed by atoms with Crippen LogP contribution < -0.4 is 0 Å². The Morgan fingerprint density at radius 3 is 2.94 bits per heavy atom. The van der Waals surface area contributed by atoms with Gasteiger partial charge in [0, 0.05) is 11.6 Å². The molecule has 5 nitrogen and oxygen atoms in total. The maximum atomic E-state index is 4.53. The van der Waals surface area contributed by atoms with Crippen LogP contribution in [0.2, 0.25) is 0 Å². The maximum Gasteiger partial charge on any atom is 0.158 e. The molecule has 4 rings (SSSR count). The van der Waals surface area contributed by atoms with E-state index in [1.807, 2.05) is 48.7 Å². The summed E-state index contributed by atoms with van der Waals surface area (Å²) in [7, 11) is 0. The number of rotatable bonds is 1. The van der Waals surface area contributed by atoms with Crippen molar-refractivity contribution in [2.75, 3.05) is 0 Å². The minimum Gasteiger partial charge on any atom is -0.346 e. The number of nitrogens with zero attached hydrogens (tertiary/aromatic N) is 4. The highest BCUT2D eigenvalue weighted by Crippen LogP contribution is 2.17. The number of hydrogen-bond donors (Lipinski definition) is 1. The molecule has 0 aliphatic carbocycles. The van der Waals surface area contributed by atoms with Gasteiger partial charge in [-0.15, -0.1) is 5.10 Å². The van der Waals surface area contributed by atoms with E-state index in [4.69, 9.17) is 0 Å². The van der Waals surface area contributed by atoms with Gasteiger partial charge in [0.15, 0.2) is 5.82 Å². The van der Waals surface area contributed by atoms with Crippen LogP contribution in [0.1, 0.15) is 0 Å². The summed E-state index contributed by atoms with van der Waals surface area (Å²) in [6.45, 7) is 0. The summed E-state index contributed by atoms with van der Waals surface area (Å²) in [6, 6.07) is 13.8. The number of H-pyrrole nitrogens is 1. The SMILES string of the molecule is c1ccc2c(c1)nnn2-c1ccc2cc[nH]c2n1. The molecule has 0 unspecified atom stereocenters. The molecule has 0 spiro atoms. The number of fused-ring (bicyclic) bond motifs is 2. The van der Waals surface area contributed by atoms with Crippen molar-refractivity contribution in [1.82, 2.24) is 25.0 Å². The van der Waals surface area contributed by atoms with Crippen molar-refractivity contribution in [3.63, 3.8) is 0 Å². The average molecular weight is 235 g/mol. The second-order valence-corrected chi connectivity index (χ2v) is 4.07. The van der Waals surface area contributed by atoms with Crippen LogP contribution in [-0.4, -0.2) is 25.0 Å². The van der Waals surface area contributed by atoms with Gasteiger partial charge in [0.1, 0.15) is 11.2 Å². The number of aromatic amines is 1. The Labute approximate surface area is 102 Å². The molecule has 5 heteroatoms. The zero-order chi connectivity index (χ0) is 11.9. The molecule has 0 bridgehead atoms. The van der Waals surface area contributed by atoms with E-state index < -0.39 is 0 Å². The van der Waals surface area contributed by atoms with E-state index in [1.165, 1.54) is 0 Å². The predicted molar refractivity (Wildman–Crippen MR) is 68.5 cm³/mol. The summed E-state index contributed by atoms with van der Waals surface area (Å²) in [5.41, 5.74) is 2.67. The quantitative estimate of drug-likeness (QED) is 0.550. The largest absolute Gasteiger partial charge is 0.346 e. The van der Waals surface area contributed by atoms with Crippen LogP contribution in [0.3, 0.4) is 0 Å². The first-order valence-electron chi connectivity index (χ1n) is 5.67. The first-order valence-corrected chi connectivity index (χ1v) is 5.67. The number of para-hydroxylation sites is 1. The highest BCUT2D eigenvalue weighted by molar-refractivity contribution is 5.78. The summed E-state index contributed by atoms with van der Waals surface area (Å²) in [5.74, 6) is 0.763. The van der Waals surface area contributed by atoms with Gasteiger partial charge in [-0.25, -0.2) is 4.98 Å². The van der Waals surface area contributed by atoms with Gasteiger partial charge >= 0.3 is 0 Å². The molecular formula is C13H9N5. The summed E-state index contributed by atoms with van der Waals surface area (Å²) < 4.78 is 1.75. The highest BCUT2D eigenvalue weighted by Gasteiger charge is 2.07. The highest BCUT2D eigenvalue weighted by atomic mass is 15.4. The third kappa shape index (κ3) is 1.24. The molecule has 1 aromatic carbocycles. The lowest BCUT2D eigenvalue weighted by molar-refractivity contribution is 0.804. The molecule has 4 aromatic rings. The van der Waals surface area contributed by atoms with E-state index in [9.17, 15) is 0 Å². The standard InChI is InChI=1S/C13H9N5/c1-2-4-11-10(3-1)16-17-18(11)12-6-5-9-7-8-14-13(9)15-12/h1-8H,(H,14,15). The van der Waals surface area contributed by atoms with Crippen molar-refractivity contribution in [3.8, 4) is 5.82 Å². The smallest absolute Gasteiger partial charge is 0.158 e. The van der Waals surface area contributed by atoms with Crippen molar-refractivity contribution in [2.24, 2.45) is 0 Å². The van der Waals surface area contributed by atoms with Crippen LogP contribution in [0.25, 0.3) is 27.9 Å². The molecule has 0 saturated heterocycles. The Hall–Kier alpha value is -2.69. The second-order valence-electron chi connectivity index (χ2n) is 4.07. The fraction of sp³-hybridized carbons (Fsp3) is 0. The molecule has 0 amide bonds. The molecule has 18 heavy (non-hydrogen) atoms. The zero-order valence-electron chi connectivity index (χ0n) is 9.41. The molecule has 0 fully saturated rings. The van der Waals surface area contributed by atoms with E-state index >= 15 is 0 Å². The van der Waals surface area contributed by atoms with Crippen molar-refractivity contribution < 1.29 is 0 Å². The topological polar surface area (TPSA) is 59.4 Å². The van der Waals surface area contributed by atoms with E-state index in [2.05, 4.69) is 20.3 Å². The molecule has 0 saturated carbocycles. The maximum absolute atomic E-state index is 4.53. The average Bonchev–Trinajstić information content (AvgIpc) is 3.04. The van der Waals surface area contributed by atoms with Crippen LogP contribution >= 0.6 is 0 Å². The number of nitrogens with one attached hydrogen (secondary N) is 1. The molecule has 86 valence electrons. The fourth-order valence-corrected chi connectivity index (χ4v) is 2.08. The Morgan fingerprint density at radius 1 is 1.00 bits per heavy atom. The minimum absolute atomic E-state index is 0.763. The fourth-order valence-electron chi connectivity index (χ4n) is 2.08. The summed E-state index contributed by atoms with van der Waals surface area (Å²) in [4.78, 5) is 7.63. The lowest BCUT2D eigenvalue weighted by Gasteiger charge is -2.00. The third-order valence-electron chi connectivity index (χ3n) is 2.96. The van der Waals surface area contributed by atoms with Crippen molar-refractivity contribution in [1.29, 1.82) is 0 Å². The predicted octanol–water partition coefficient (Wildman–Crippen LogP) is 2.30. The number of hydrogen-bond acceptors (Lipinski definition) is 3. The zero-order valence-corrected chi connectivity index (χ0v) is 9.41. The van der Waals surface area contributed by atoms with Crippen LogP contribution in [0.5, 0.6) is 0 Å². The lowest BCUT2D eigenvalue weighted by atomic mass is 10.3. The van der Waals surface area contributed by atoms with Crippen LogP contribution in [0.4, 0.5) is 0 Å². The monoisotopic (exact) mass is 235 g/mol. The normalized spacial score (nSPS) is 11.3. The summed E-state index contributed by atoms with van der Waals surface area (Å²) in [5, 5.41) is 9.36. The van der Waals surface area contributed by atoms with Gasteiger partial charge in [0.25, 0.3) is 0 Å². The summed E-state index contributed by atoms with van der Waals surface area (Å²) >= 11 is 0.